The molecule has 0 radical (unpaired) electrons. The Balaban J connectivity index is 1.63. The zero-order valence-electron chi connectivity index (χ0n) is 15.2. The van der Waals surface area contributed by atoms with E-state index in [2.05, 4.69) is 20.9 Å². The second kappa shape index (κ2) is 7.76. The third-order valence-electron chi connectivity index (χ3n) is 4.41. The normalized spacial score (nSPS) is 18.2. The van der Waals surface area contributed by atoms with Gasteiger partial charge in [0.15, 0.2) is 0 Å². The maximum absolute atomic E-state index is 13.0. The van der Waals surface area contributed by atoms with Crippen LogP contribution < -0.4 is 15.5 Å². The molecule has 0 saturated carbocycles. The standard InChI is InChI=1S/C18H18ClN5O3S/c1-10-21-22-18-24(10)23-15(11-5-6-14(26-2)13(19)8-11)16(28-18)17(25)20-9-12-4-3-7-27-12/h3-8,15-16,23H,9H2,1-2H3,(H,20,25)/t15-,16-/m0/s1. The van der Waals surface area contributed by atoms with E-state index in [9.17, 15) is 4.79 Å². The molecular formula is C18H18ClN5O3S. The van der Waals surface area contributed by atoms with Crippen LogP contribution in [0.1, 0.15) is 23.2 Å². The first kappa shape index (κ1) is 18.7. The summed E-state index contributed by atoms with van der Waals surface area (Å²) in [6.45, 7) is 2.16. The van der Waals surface area contributed by atoms with Crippen LogP contribution in [0.2, 0.25) is 5.02 Å². The van der Waals surface area contributed by atoms with Crippen molar-refractivity contribution >= 4 is 29.3 Å². The molecule has 28 heavy (non-hydrogen) atoms. The van der Waals surface area contributed by atoms with E-state index in [0.29, 0.717) is 34.1 Å². The van der Waals surface area contributed by atoms with Crippen molar-refractivity contribution in [1.82, 2.24) is 20.2 Å². The first-order valence-corrected chi connectivity index (χ1v) is 9.81. The number of hydrogen-bond acceptors (Lipinski definition) is 7. The van der Waals surface area contributed by atoms with Gasteiger partial charge >= 0.3 is 0 Å². The number of benzene rings is 1. The number of nitrogens with one attached hydrogen (secondary N) is 2. The van der Waals surface area contributed by atoms with Crippen LogP contribution >= 0.6 is 23.4 Å². The summed E-state index contributed by atoms with van der Waals surface area (Å²) in [5.41, 5.74) is 4.19. The van der Waals surface area contributed by atoms with Crippen LogP contribution in [0.3, 0.4) is 0 Å². The molecule has 1 aliphatic heterocycles. The van der Waals surface area contributed by atoms with Crippen LogP contribution in [0.5, 0.6) is 5.75 Å². The van der Waals surface area contributed by atoms with Crippen molar-refractivity contribution in [1.29, 1.82) is 0 Å². The zero-order chi connectivity index (χ0) is 19.7. The molecule has 0 unspecified atom stereocenters. The molecule has 10 heteroatoms. The molecule has 1 amide bonds. The SMILES string of the molecule is COc1ccc([C@@H]2Nn3c(C)nnc3S[C@@H]2C(=O)NCc2ccco2)cc1Cl. The summed E-state index contributed by atoms with van der Waals surface area (Å²) in [7, 11) is 1.56. The molecule has 1 aromatic carbocycles. The average Bonchev–Trinajstić information content (AvgIpc) is 3.35. The van der Waals surface area contributed by atoms with Gasteiger partial charge in [-0.05, 0) is 36.8 Å². The smallest absolute Gasteiger partial charge is 0.236 e. The number of halogens is 1. The summed E-state index contributed by atoms with van der Waals surface area (Å²) in [5, 5.41) is 11.8. The molecule has 0 spiro atoms. The van der Waals surface area contributed by atoms with Crippen LogP contribution in [0.15, 0.2) is 46.2 Å². The highest BCUT2D eigenvalue weighted by Crippen LogP contribution is 2.38. The fourth-order valence-corrected chi connectivity index (χ4v) is 4.39. The molecule has 3 heterocycles. The zero-order valence-corrected chi connectivity index (χ0v) is 16.8. The fourth-order valence-electron chi connectivity index (χ4n) is 2.97. The number of carbonyl (C=O) groups excluding carboxylic acids is 1. The fraction of sp³-hybridized carbons (Fsp3) is 0.278. The molecule has 0 bridgehead atoms. The van der Waals surface area contributed by atoms with Crippen LogP contribution in [-0.2, 0) is 11.3 Å². The van der Waals surface area contributed by atoms with Crippen molar-refractivity contribution in [3.63, 3.8) is 0 Å². The maximum Gasteiger partial charge on any atom is 0.236 e. The summed E-state index contributed by atoms with van der Waals surface area (Å²) < 4.78 is 12.3. The second-order valence-corrected chi connectivity index (χ2v) is 7.72. The number of carbonyl (C=O) groups is 1. The first-order chi connectivity index (χ1) is 13.6. The predicted molar refractivity (Wildman–Crippen MR) is 105 cm³/mol. The molecule has 1 aliphatic rings. The Labute approximate surface area is 170 Å². The number of nitrogens with zero attached hydrogens (tertiary/aromatic N) is 3. The van der Waals surface area contributed by atoms with E-state index in [4.69, 9.17) is 20.8 Å². The van der Waals surface area contributed by atoms with E-state index >= 15 is 0 Å². The largest absolute Gasteiger partial charge is 0.495 e. The van der Waals surface area contributed by atoms with Crippen molar-refractivity contribution in [3.05, 3.63) is 58.8 Å². The minimum Gasteiger partial charge on any atom is -0.495 e. The number of amides is 1. The van der Waals surface area contributed by atoms with Crippen LogP contribution in [0.4, 0.5) is 0 Å². The van der Waals surface area contributed by atoms with Crippen molar-refractivity contribution in [2.75, 3.05) is 12.5 Å². The van der Waals surface area contributed by atoms with Crippen LogP contribution in [0.25, 0.3) is 0 Å². The van der Waals surface area contributed by atoms with E-state index in [-0.39, 0.29) is 11.9 Å². The molecule has 2 aromatic heterocycles. The number of ether oxygens (including phenoxy) is 1. The van der Waals surface area contributed by atoms with Crippen LogP contribution in [0, 0.1) is 6.92 Å². The summed E-state index contributed by atoms with van der Waals surface area (Å²) >= 11 is 7.66. The van der Waals surface area contributed by atoms with Crippen molar-refractivity contribution < 1.29 is 13.9 Å². The lowest BCUT2D eigenvalue weighted by Crippen LogP contribution is -2.44. The summed E-state index contributed by atoms with van der Waals surface area (Å²) in [6, 6.07) is 8.73. The molecule has 2 N–H and O–H groups in total. The molecule has 4 rings (SSSR count). The minimum atomic E-state index is -0.476. The van der Waals surface area contributed by atoms with Gasteiger partial charge in [0.1, 0.15) is 22.6 Å². The Morgan fingerprint density at radius 2 is 2.29 bits per heavy atom. The number of rotatable bonds is 5. The summed E-state index contributed by atoms with van der Waals surface area (Å²) in [5.74, 6) is 1.83. The predicted octanol–water partition coefficient (Wildman–Crippen LogP) is 2.92. The van der Waals surface area contributed by atoms with Gasteiger partial charge in [0.25, 0.3) is 0 Å². The highest BCUT2D eigenvalue weighted by molar-refractivity contribution is 8.00. The molecule has 2 atom stereocenters. The number of fused-ring (bicyclic) bond motifs is 1. The molecular weight excluding hydrogens is 402 g/mol. The van der Waals surface area contributed by atoms with Crippen LogP contribution in [-0.4, -0.2) is 33.1 Å². The van der Waals surface area contributed by atoms with Crippen molar-refractivity contribution in [2.24, 2.45) is 0 Å². The van der Waals surface area contributed by atoms with Gasteiger partial charge in [-0.1, -0.05) is 29.4 Å². The van der Waals surface area contributed by atoms with Gasteiger partial charge in [-0.3, -0.25) is 4.79 Å². The van der Waals surface area contributed by atoms with E-state index in [0.717, 1.165) is 5.56 Å². The third kappa shape index (κ3) is 3.55. The first-order valence-electron chi connectivity index (χ1n) is 8.55. The Morgan fingerprint density at radius 3 is 3.00 bits per heavy atom. The van der Waals surface area contributed by atoms with Gasteiger partial charge in [-0.25, -0.2) is 4.68 Å². The van der Waals surface area contributed by atoms with Gasteiger partial charge in [0.05, 0.1) is 31.0 Å². The Kier molecular flexibility index (Phi) is 5.19. The van der Waals surface area contributed by atoms with Gasteiger partial charge in [0, 0.05) is 0 Å². The lowest BCUT2D eigenvalue weighted by Gasteiger charge is -2.32. The molecule has 0 saturated heterocycles. The maximum atomic E-state index is 13.0. The van der Waals surface area contributed by atoms with Crippen molar-refractivity contribution in [3.8, 4) is 5.75 Å². The monoisotopic (exact) mass is 419 g/mol. The van der Waals surface area contributed by atoms with Gasteiger partial charge in [-0.15, -0.1) is 10.2 Å². The molecule has 146 valence electrons. The minimum absolute atomic E-state index is 0.141. The van der Waals surface area contributed by atoms with E-state index < -0.39 is 5.25 Å². The van der Waals surface area contributed by atoms with Gasteiger partial charge in [-0.2, -0.15) is 0 Å². The third-order valence-corrected chi connectivity index (χ3v) is 5.92. The quantitative estimate of drug-likeness (QED) is 0.656. The Hall–Kier alpha value is -2.65. The van der Waals surface area contributed by atoms with Gasteiger partial charge in [0.2, 0.25) is 11.1 Å². The average molecular weight is 420 g/mol. The number of aromatic nitrogens is 3. The Morgan fingerprint density at radius 1 is 1.43 bits per heavy atom. The number of thioether (sulfide) groups is 1. The second-order valence-electron chi connectivity index (χ2n) is 6.20. The molecule has 0 fully saturated rings. The lowest BCUT2D eigenvalue weighted by molar-refractivity contribution is -0.121. The number of methoxy groups -OCH3 is 1. The van der Waals surface area contributed by atoms with E-state index in [1.165, 1.54) is 11.8 Å². The van der Waals surface area contributed by atoms with Crippen molar-refractivity contribution in [2.45, 2.75) is 29.9 Å². The lowest BCUT2D eigenvalue weighted by atomic mass is 10.0. The molecule has 0 aliphatic carbocycles. The topological polar surface area (TPSA) is 94.2 Å². The number of aryl methyl sites for hydroxylation is 1. The summed E-state index contributed by atoms with van der Waals surface area (Å²) in [6.07, 6.45) is 1.58. The van der Waals surface area contributed by atoms with E-state index in [1.807, 2.05) is 19.1 Å². The summed E-state index contributed by atoms with van der Waals surface area (Å²) in [4.78, 5) is 13.0. The highest BCUT2D eigenvalue weighted by Gasteiger charge is 2.37. The highest BCUT2D eigenvalue weighted by atomic mass is 35.5. The Bertz CT molecular complexity index is 991. The molecule has 8 nitrogen and oxygen atoms in total. The number of furan rings is 1. The van der Waals surface area contributed by atoms with Gasteiger partial charge < -0.3 is 19.9 Å². The molecule has 3 aromatic rings. The van der Waals surface area contributed by atoms with E-state index in [1.54, 1.807) is 36.2 Å². The number of hydrogen-bond donors (Lipinski definition) is 2.